The van der Waals surface area contributed by atoms with E-state index < -0.39 is 0 Å². The molecule has 3 heterocycles. The SMILES string of the molecule is CCNc1ncc(C(=O)N2CCCC3(CCC(=O)N(C4CC4)C3)C2)cn1. The van der Waals surface area contributed by atoms with Gasteiger partial charge >= 0.3 is 0 Å². The van der Waals surface area contributed by atoms with Crippen LogP contribution in [-0.2, 0) is 4.79 Å². The summed E-state index contributed by atoms with van der Waals surface area (Å²) < 4.78 is 0. The van der Waals surface area contributed by atoms with Crippen molar-refractivity contribution in [3.05, 3.63) is 18.0 Å². The Morgan fingerprint density at radius 1 is 1.27 bits per heavy atom. The van der Waals surface area contributed by atoms with E-state index in [0.717, 1.165) is 58.3 Å². The third-order valence-electron chi connectivity index (χ3n) is 5.87. The van der Waals surface area contributed by atoms with E-state index in [0.29, 0.717) is 29.9 Å². The van der Waals surface area contributed by atoms with E-state index in [1.807, 2.05) is 11.8 Å². The first-order valence-corrected chi connectivity index (χ1v) is 9.75. The van der Waals surface area contributed by atoms with Gasteiger partial charge in [-0.1, -0.05) is 0 Å². The Bertz CT molecular complexity index is 688. The highest BCUT2D eigenvalue weighted by atomic mass is 16.2. The number of piperidine rings is 2. The molecule has 0 radical (unpaired) electrons. The monoisotopic (exact) mass is 357 g/mol. The van der Waals surface area contributed by atoms with E-state index in [1.54, 1.807) is 12.4 Å². The average molecular weight is 357 g/mol. The first-order valence-electron chi connectivity index (χ1n) is 9.75. The topological polar surface area (TPSA) is 78.4 Å². The lowest BCUT2D eigenvalue weighted by Crippen LogP contribution is -2.55. The second kappa shape index (κ2) is 6.85. The molecule has 1 spiro atoms. The highest BCUT2D eigenvalue weighted by molar-refractivity contribution is 5.93. The van der Waals surface area contributed by atoms with Crippen molar-refractivity contribution in [3.63, 3.8) is 0 Å². The maximum Gasteiger partial charge on any atom is 0.257 e. The van der Waals surface area contributed by atoms with Gasteiger partial charge in [-0.3, -0.25) is 9.59 Å². The summed E-state index contributed by atoms with van der Waals surface area (Å²) in [6.45, 7) is 5.05. The average Bonchev–Trinajstić information content (AvgIpc) is 3.50. The maximum atomic E-state index is 12.9. The fourth-order valence-corrected chi connectivity index (χ4v) is 4.35. The number of nitrogens with zero attached hydrogens (tertiary/aromatic N) is 4. The van der Waals surface area contributed by atoms with E-state index in [1.165, 1.54) is 0 Å². The van der Waals surface area contributed by atoms with Crippen molar-refractivity contribution < 1.29 is 9.59 Å². The van der Waals surface area contributed by atoms with Crippen molar-refractivity contribution in [2.45, 2.75) is 51.5 Å². The van der Waals surface area contributed by atoms with Crippen LogP contribution >= 0.6 is 0 Å². The van der Waals surface area contributed by atoms with Gasteiger partial charge in [0, 0.05) is 56.5 Å². The molecule has 1 aromatic rings. The lowest BCUT2D eigenvalue weighted by molar-refractivity contribution is -0.139. The van der Waals surface area contributed by atoms with Crippen LogP contribution < -0.4 is 5.32 Å². The Hall–Kier alpha value is -2.18. The molecule has 0 aromatic carbocycles. The van der Waals surface area contributed by atoms with E-state index in [-0.39, 0.29) is 11.3 Å². The first-order chi connectivity index (χ1) is 12.6. The number of rotatable bonds is 4. The molecule has 0 bridgehead atoms. The number of likely N-dealkylation sites (tertiary alicyclic amines) is 2. The Morgan fingerprint density at radius 2 is 2.04 bits per heavy atom. The molecule has 2 saturated heterocycles. The van der Waals surface area contributed by atoms with Crippen molar-refractivity contribution in [1.29, 1.82) is 0 Å². The maximum absolute atomic E-state index is 12.9. The van der Waals surface area contributed by atoms with Crippen LogP contribution in [0.1, 0.15) is 55.8 Å². The van der Waals surface area contributed by atoms with Gasteiger partial charge < -0.3 is 15.1 Å². The summed E-state index contributed by atoms with van der Waals surface area (Å²) >= 11 is 0. The summed E-state index contributed by atoms with van der Waals surface area (Å²) in [5, 5.41) is 3.04. The standard InChI is InChI=1S/C19H27N5O2/c1-2-20-18-21-10-14(11-22-18)17(26)23-9-3-7-19(12-23)8-6-16(25)24(13-19)15-4-5-15/h10-11,15H,2-9,12-13H2,1H3,(H,20,21,22). The molecule has 2 aliphatic heterocycles. The van der Waals surface area contributed by atoms with E-state index in [2.05, 4.69) is 20.2 Å². The molecule has 26 heavy (non-hydrogen) atoms. The minimum Gasteiger partial charge on any atom is -0.355 e. The highest BCUT2D eigenvalue weighted by Crippen LogP contribution is 2.42. The number of carbonyl (C=O) groups excluding carboxylic acids is 2. The molecular weight excluding hydrogens is 330 g/mol. The zero-order chi connectivity index (χ0) is 18.1. The number of carbonyl (C=O) groups is 2. The van der Waals surface area contributed by atoms with Crippen LogP contribution in [0, 0.1) is 5.41 Å². The van der Waals surface area contributed by atoms with Crippen LogP contribution in [-0.4, -0.2) is 63.8 Å². The molecule has 1 N–H and O–H groups in total. The van der Waals surface area contributed by atoms with Crippen LogP contribution in [0.2, 0.25) is 0 Å². The van der Waals surface area contributed by atoms with Crippen LogP contribution in [0.15, 0.2) is 12.4 Å². The predicted octanol–water partition coefficient (Wildman–Crippen LogP) is 1.92. The molecule has 3 aliphatic rings. The number of hydrogen-bond donors (Lipinski definition) is 1. The van der Waals surface area contributed by atoms with Gasteiger partial charge in [0.05, 0.1) is 5.56 Å². The number of anilines is 1. The van der Waals surface area contributed by atoms with Gasteiger partial charge in [0.15, 0.2) is 0 Å². The van der Waals surface area contributed by atoms with Crippen molar-refractivity contribution >= 4 is 17.8 Å². The Balaban J connectivity index is 1.45. The second-order valence-electron chi connectivity index (χ2n) is 7.91. The van der Waals surface area contributed by atoms with Crippen LogP contribution in [0.25, 0.3) is 0 Å². The summed E-state index contributed by atoms with van der Waals surface area (Å²) in [4.78, 5) is 37.6. The molecular formula is C19H27N5O2. The number of nitrogens with one attached hydrogen (secondary N) is 1. The van der Waals surface area contributed by atoms with Crippen molar-refractivity contribution in [1.82, 2.24) is 19.8 Å². The summed E-state index contributed by atoms with van der Waals surface area (Å²) in [6, 6.07) is 0.456. The number of aromatic nitrogens is 2. The molecule has 1 unspecified atom stereocenters. The molecule has 140 valence electrons. The molecule has 1 aliphatic carbocycles. The third kappa shape index (κ3) is 3.39. The molecule has 1 aromatic heterocycles. The summed E-state index contributed by atoms with van der Waals surface area (Å²) in [5.41, 5.74) is 0.601. The van der Waals surface area contributed by atoms with Crippen molar-refractivity contribution in [2.24, 2.45) is 5.41 Å². The highest BCUT2D eigenvalue weighted by Gasteiger charge is 2.46. The van der Waals surface area contributed by atoms with Crippen molar-refractivity contribution in [3.8, 4) is 0 Å². The summed E-state index contributed by atoms with van der Waals surface area (Å²) in [5.74, 6) is 0.848. The van der Waals surface area contributed by atoms with Gasteiger partial charge in [0.2, 0.25) is 11.9 Å². The van der Waals surface area contributed by atoms with Gasteiger partial charge in [-0.2, -0.15) is 0 Å². The van der Waals surface area contributed by atoms with Crippen LogP contribution in [0.5, 0.6) is 0 Å². The zero-order valence-corrected chi connectivity index (χ0v) is 15.4. The molecule has 4 rings (SSSR count). The molecule has 1 atom stereocenters. The third-order valence-corrected chi connectivity index (χ3v) is 5.87. The lowest BCUT2D eigenvalue weighted by atomic mass is 9.73. The first kappa shape index (κ1) is 17.2. The van der Waals surface area contributed by atoms with Crippen LogP contribution in [0.4, 0.5) is 5.95 Å². The van der Waals surface area contributed by atoms with E-state index >= 15 is 0 Å². The molecule has 7 nitrogen and oxygen atoms in total. The van der Waals surface area contributed by atoms with Gasteiger partial charge in [0.25, 0.3) is 5.91 Å². The quantitative estimate of drug-likeness (QED) is 0.891. The number of hydrogen-bond acceptors (Lipinski definition) is 5. The fourth-order valence-electron chi connectivity index (χ4n) is 4.35. The normalized spacial score (nSPS) is 26.3. The fraction of sp³-hybridized carbons (Fsp3) is 0.684. The minimum atomic E-state index is 0.00185. The summed E-state index contributed by atoms with van der Waals surface area (Å²) in [7, 11) is 0. The largest absolute Gasteiger partial charge is 0.355 e. The zero-order valence-electron chi connectivity index (χ0n) is 15.4. The summed E-state index contributed by atoms with van der Waals surface area (Å²) in [6.07, 6.45) is 9.11. The second-order valence-corrected chi connectivity index (χ2v) is 7.91. The Morgan fingerprint density at radius 3 is 2.73 bits per heavy atom. The molecule has 2 amide bonds. The van der Waals surface area contributed by atoms with E-state index in [4.69, 9.17) is 0 Å². The van der Waals surface area contributed by atoms with Gasteiger partial charge in [-0.05, 0) is 39.0 Å². The lowest BCUT2D eigenvalue weighted by Gasteiger charge is -2.48. The molecule has 3 fully saturated rings. The smallest absolute Gasteiger partial charge is 0.257 e. The molecule has 7 heteroatoms. The van der Waals surface area contributed by atoms with Gasteiger partial charge in [-0.25, -0.2) is 9.97 Å². The Kier molecular flexibility index (Phi) is 4.54. The Labute approximate surface area is 154 Å². The van der Waals surface area contributed by atoms with Gasteiger partial charge in [0.1, 0.15) is 0 Å². The van der Waals surface area contributed by atoms with E-state index in [9.17, 15) is 9.59 Å². The minimum absolute atomic E-state index is 0.00185. The predicted molar refractivity (Wildman–Crippen MR) is 97.7 cm³/mol. The molecule has 1 saturated carbocycles. The van der Waals surface area contributed by atoms with Crippen LogP contribution in [0.3, 0.4) is 0 Å². The van der Waals surface area contributed by atoms with Gasteiger partial charge in [-0.15, -0.1) is 0 Å². The van der Waals surface area contributed by atoms with Crippen molar-refractivity contribution in [2.75, 3.05) is 31.5 Å². The number of amides is 2.